The molecule has 0 radical (unpaired) electrons. The highest BCUT2D eigenvalue weighted by Gasteiger charge is 2.60. The quantitative estimate of drug-likeness (QED) is 0.653. The maximum Gasteiger partial charge on any atom is 0.410 e. The highest BCUT2D eigenvalue weighted by molar-refractivity contribution is 5.69. The van der Waals surface area contributed by atoms with Crippen molar-refractivity contribution >= 4 is 6.09 Å². The van der Waals surface area contributed by atoms with Gasteiger partial charge in [-0.25, -0.2) is 4.79 Å². The lowest BCUT2D eigenvalue weighted by Crippen LogP contribution is -2.53. The zero-order valence-electron chi connectivity index (χ0n) is 15.7. The molecule has 7 atom stereocenters. The van der Waals surface area contributed by atoms with Crippen LogP contribution in [0, 0.1) is 0 Å². The Bertz CT molecular complexity index is 713. The average molecular weight is 395 g/mol. The summed E-state index contributed by atoms with van der Waals surface area (Å²) in [7, 11) is 0. The van der Waals surface area contributed by atoms with Crippen molar-refractivity contribution in [3.63, 3.8) is 0 Å². The second-order valence-corrected chi connectivity index (χ2v) is 7.80. The van der Waals surface area contributed by atoms with Gasteiger partial charge in [0.15, 0.2) is 12.1 Å². The van der Waals surface area contributed by atoms with Crippen LogP contribution in [-0.2, 0) is 25.6 Å². The van der Waals surface area contributed by atoms with Crippen LogP contribution >= 0.6 is 0 Å². The minimum atomic E-state index is -1.30. The molecule has 154 valence electrons. The molecule has 0 saturated carbocycles. The molecule has 3 saturated heterocycles. The second-order valence-electron chi connectivity index (χ2n) is 7.80. The molecule has 1 amide bonds. The number of hydrogen-bond donors (Lipinski definition) is 3. The summed E-state index contributed by atoms with van der Waals surface area (Å²) in [5.41, 5.74) is 0.809. The fourth-order valence-corrected chi connectivity index (χ4v) is 4.01. The minimum absolute atomic E-state index is 0.0504. The lowest BCUT2D eigenvalue weighted by Gasteiger charge is -2.32. The molecule has 3 fully saturated rings. The molecule has 3 aliphatic rings. The van der Waals surface area contributed by atoms with E-state index in [1.807, 2.05) is 30.3 Å². The lowest BCUT2D eigenvalue weighted by atomic mass is 9.99. The van der Waals surface area contributed by atoms with Gasteiger partial charge < -0.3 is 34.3 Å². The highest BCUT2D eigenvalue weighted by atomic mass is 16.8. The number of β-amino-alcohol motifs (C(OH)–C–C–N with tert-alkyl or cyclic N) is 1. The molecule has 0 unspecified atom stereocenters. The standard InChI is InChI=1S/C19H25NO8/c1-19(2)27-16-14(23)15(26-17(16)28-19)12-13(22)11(21)8-20(12)18(24)25-9-10-6-4-3-5-7-10/h3-7,11-17,21-23H,8-9H2,1-2H3/t11-,12+,13+,14+,15-,16-,17-/m1/s1. The molecule has 4 rings (SSSR count). The maximum atomic E-state index is 12.6. The predicted molar refractivity (Wildman–Crippen MR) is 93.8 cm³/mol. The van der Waals surface area contributed by atoms with E-state index in [-0.39, 0.29) is 13.2 Å². The molecule has 1 aromatic rings. The Morgan fingerprint density at radius 1 is 1.14 bits per heavy atom. The molecule has 3 aliphatic heterocycles. The molecule has 9 heteroatoms. The summed E-state index contributed by atoms with van der Waals surface area (Å²) in [6.07, 6.45) is -6.86. The Morgan fingerprint density at radius 3 is 2.54 bits per heavy atom. The summed E-state index contributed by atoms with van der Waals surface area (Å²) in [4.78, 5) is 13.8. The number of hydrogen-bond acceptors (Lipinski definition) is 8. The largest absolute Gasteiger partial charge is 0.445 e. The van der Waals surface area contributed by atoms with Crippen molar-refractivity contribution in [3.05, 3.63) is 35.9 Å². The van der Waals surface area contributed by atoms with E-state index in [9.17, 15) is 20.1 Å². The van der Waals surface area contributed by atoms with Crippen LogP contribution < -0.4 is 0 Å². The van der Waals surface area contributed by atoms with Crippen LogP contribution in [0.5, 0.6) is 0 Å². The fraction of sp³-hybridized carbons (Fsp3) is 0.632. The Kier molecular flexibility index (Phi) is 5.07. The number of aliphatic hydroxyl groups is 3. The second kappa shape index (κ2) is 7.25. The van der Waals surface area contributed by atoms with E-state index in [0.29, 0.717) is 0 Å². The number of rotatable bonds is 3. The van der Waals surface area contributed by atoms with Crippen molar-refractivity contribution in [2.75, 3.05) is 6.54 Å². The summed E-state index contributed by atoms with van der Waals surface area (Å²) in [6.45, 7) is 3.33. The molecule has 1 aromatic carbocycles. The topological polar surface area (TPSA) is 118 Å². The van der Waals surface area contributed by atoms with Crippen LogP contribution in [0.25, 0.3) is 0 Å². The first-order valence-electron chi connectivity index (χ1n) is 9.29. The molecular formula is C19H25NO8. The van der Waals surface area contributed by atoms with E-state index in [1.165, 1.54) is 4.90 Å². The molecule has 3 N–H and O–H groups in total. The number of carbonyl (C=O) groups is 1. The third-order valence-corrected chi connectivity index (χ3v) is 5.32. The van der Waals surface area contributed by atoms with Gasteiger partial charge in [-0.2, -0.15) is 0 Å². The number of aliphatic hydroxyl groups excluding tert-OH is 3. The Morgan fingerprint density at radius 2 is 1.86 bits per heavy atom. The van der Waals surface area contributed by atoms with Gasteiger partial charge in [-0.1, -0.05) is 30.3 Å². The van der Waals surface area contributed by atoms with Crippen LogP contribution in [0.1, 0.15) is 19.4 Å². The molecule has 28 heavy (non-hydrogen) atoms. The van der Waals surface area contributed by atoms with E-state index in [4.69, 9.17) is 18.9 Å². The Hall–Kier alpha value is -1.75. The summed E-state index contributed by atoms with van der Waals surface area (Å²) in [5.74, 6) is -0.899. The van der Waals surface area contributed by atoms with E-state index >= 15 is 0 Å². The molecular weight excluding hydrogens is 370 g/mol. The molecule has 0 aliphatic carbocycles. The number of likely N-dealkylation sites (tertiary alicyclic amines) is 1. The number of nitrogens with zero attached hydrogens (tertiary/aromatic N) is 1. The van der Waals surface area contributed by atoms with Gasteiger partial charge in [-0.3, -0.25) is 4.90 Å². The molecule has 9 nitrogen and oxygen atoms in total. The first kappa shape index (κ1) is 19.6. The summed E-state index contributed by atoms with van der Waals surface area (Å²) >= 11 is 0. The molecule has 3 heterocycles. The van der Waals surface area contributed by atoms with E-state index in [2.05, 4.69) is 0 Å². The monoisotopic (exact) mass is 395 g/mol. The minimum Gasteiger partial charge on any atom is -0.445 e. The first-order valence-corrected chi connectivity index (χ1v) is 9.29. The van der Waals surface area contributed by atoms with Gasteiger partial charge in [0.2, 0.25) is 0 Å². The van der Waals surface area contributed by atoms with E-state index in [0.717, 1.165) is 5.56 Å². The predicted octanol–water partition coefficient (Wildman–Crippen LogP) is -0.0335. The van der Waals surface area contributed by atoms with E-state index < -0.39 is 54.7 Å². The van der Waals surface area contributed by atoms with E-state index in [1.54, 1.807) is 13.8 Å². The van der Waals surface area contributed by atoms with Crippen LogP contribution in [0.4, 0.5) is 4.79 Å². The molecule has 0 aromatic heterocycles. The van der Waals surface area contributed by atoms with Crippen molar-refractivity contribution in [3.8, 4) is 0 Å². The first-order chi connectivity index (χ1) is 13.3. The van der Waals surface area contributed by atoms with Crippen LogP contribution in [0.2, 0.25) is 0 Å². The zero-order valence-corrected chi connectivity index (χ0v) is 15.7. The van der Waals surface area contributed by atoms with Gasteiger partial charge in [0, 0.05) is 0 Å². The van der Waals surface area contributed by atoms with Gasteiger partial charge in [0.25, 0.3) is 0 Å². The van der Waals surface area contributed by atoms with Crippen molar-refractivity contribution in [2.24, 2.45) is 0 Å². The van der Waals surface area contributed by atoms with Gasteiger partial charge in [0.1, 0.15) is 31.0 Å². The third kappa shape index (κ3) is 3.49. The number of fused-ring (bicyclic) bond motifs is 1. The molecule has 0 spiro atoms. The zero-order chi connectivity index (χ0) is 20.1. The van der Waals surface area contributed by atoms with Crippen molar-refractivity contribution < 1.29 is 39.1 Å². The van der Waals surface area contributed by atoms with Crippen LogP contribution in [0.15, 0.2) is 30.3 Å². The smallest absolute Gasteiger partial charge is 0.410 e. The van der Waals surface area contributed by atoms with Crippen molar-refractivity contribution in [2.45, 2.75) is 69.1 Å². The number of carbonyl (C=O) groups excluding carboxylic acids is 1. The summed E-state index contributed by atoms with van der Waals surface area (Å²) < 4.78 is 22.4. The van der Waals surface area contributed by atoms with Crippen molar-refractivity contribution in [1.82, 2.24) is 4.90 Å². The number of ether oxygens (including phenoxy) is 4. The molecule has 0 bridgehead atoms. The fourth-order valence-electron chi connectivity index (χ4n) is 4.01. The van der Waals surface area contributed by atoms with Crippen molar-refractivity contribution in [1.29, 1.82) is 0 Å². The van der Waals surface area contributed by atoms with Gasteiger partial charge in [-0.05, 0) is 19.4 Å². The lowest BCUT2D eigenvalue weighted by molar-refractivity contribution is -0.223. The average Bonchev–Trinajstić information content (AvgIpc) is 3.23. The summed E-state index contributed by atoms with van der Waals surface area (Å²) in [5, 5.41) is 31.2. The van der Waals surface area contributed by atoms with Gasteiger partial charge in [0.05, 0.1) is 18.7 Å². The van der Waals surface area contributed by atoms with Gasteiger partial charge >= 0.3 is 6.09 Å². The summed E-state index contributed by atoms with van der Waals surface area (Å²) in [6, 6.07) is 8.17. The Balaban J connectivity index is 1.46. The Labute approximate surface area is 162 Å². The number of benzene rings is 1. The SMILES string of the molecule is CC1(C)O[C@H]2O[C@H]([C@@H]3[C@@H](O)[C@H](O)CN3C(=O)OCc3ccccc3)[C@H](O)[C@H]2O1. The maximum absolute atomic E-state index is 12.6. The van der Waals surface area contributed by atoms with Gasteiger partial charge in [-0.15, -0.1) is 0 Å². The normalized spacial score (nSPS) is 39.2. The van der Waals surface area contributed by atoms with Crippen LogP contribution in [-0.4, -0.2) is 81.5 Å². The number of amides is 1. The third-order valence-electron chi connectivity index (χ3n) is 5.32. The highest BCUT2D eigenvalue weighted by Crippen LogP contribution is 2.40. The van der Waals surface area contributed by atoms with Crippen LogP contribution in [0.3, 0.4) is 0 Å².